The summed E-state index contributed by atoms with van der Waals surface area (Å²) in [5, 5.41) is 3.43. The molecule has 3 N–H and O–H groups in total. The smallest absolute Gasteiger partial charge is 0.0108 e. The van der Waals surface area contributed by atoms with E-state index in [1.807, 2.05) is 0 Å². The first kappa shape index (κ1) is 6.62. The number of nitrogens with one attached hydrogen (secondary N) is 1. The van der Waals surface area contributed by atoms with Crippen LogP contribution in [0.25, 0.3) is 0 Å². The summed E-state index contributed by atoms with van der Waals surface area (Å²) < 4.78 is 0. The summed E-state index contributed by atoms with van der Waals surface area (Å²) in [6.45, 7) is 2.35. The van der Waals surface area contributed by atoms with Crippen molar-refractivity contribution in [1.82, 2.24) is 5.32 Å². The lowest BCUT2D eigenvalue weighted by Gasteiger charge is -2.14. The number of nitrogens with two attached hydrogens (primary N) is 1. The largest absolute Gasteiger partial charge is 0.327 e. The third-order valence-corrected chi connectivity index (χ3v) is 3.10. The zero-order valence-corrected chi connectivity index (χ0v) is 6.34. The zero-order chi connectivity index (χ0) is 6.97. The monoisotopic (exact) mass is 140 g/mol. The van der Waals surface area contributed by atoms with E-state index in [4.69, 9.17) is 5.73 Å². The fourth-order valence-corrected chi connectivity index (χ4v) is 2.35. The average molecular weight is 140 g/mol. The SMILES string of the molecule is NC1C2CCNCC1CC2. The Balaban J connectivity index is 2.07. The van der Waals surface area contributed by atoms with Crippen molar-refractivity contribution in [1.29, 1.82) is 0 Å². The molecule has 3 atom stereocenters. The Bertz CT molecular complexity index is 110. The third-order valence-electron chi connectivity index (χ3n) is 3.10. The lowest BCUT2D eigenvalue weighted by molar-refractivity contribution is 0.431. The quantitative estimate of drug-likeness (QED) is 0.509. The topological polar surface area (TPSA) is 38.0 Å². The van der Waals surface area contributed by atoms with E-state index in [1.165, 1.54) is 25.8 Å². The van der Waals surface area contributed by atoms with Crippen molar-refractivity contribution in [2.75, 3.05) is 13.1 Å². The Morgan fingerprint density at radius 2 is 1.90 bits per heavy atom. The van der Waals surface area contributed by atoms with Crippen molar-refractivity contribution >= 4 is 0 Å². The van der Waals surface area contributed by atoms with E-state index in [1.54, 1.807) is 0 Å². The summed E-state index contributed by atoms with van der Waals surface area (Å²) in [6.07, 6.45) is 4.05. The number of rotatable bonds is 0. The molecule has 0 spiro atoms. The fourth-order valence-electron chi connectivity index (χ4n) is 2.35. The highest BCUT2D eigenvalue weighted by molar-refractivity contribution is 4.91. The van der Waals surface area contributed by atoms with Gasteiger partial charge in [0.15, 0.2) is 0 Å². The van der Waals surface area contributed by atoms with E-state index in [0.717, 1.165) is 18.4 Å². The van der Waals surface area contributed by atoms with Gasteiger partial charge in [-0.2, -0.15) is 0 Å². The van der Waals surface area contributed by atoms with Gasteiger partial charge in [0.2, 0.25) is 0 Å². The zero-order valence-electron chi connectivity index (χ0n) is 6.34. The number of hydrogen-bond acceptors (Lipinski definition) is 2. The number of fused-ring (bicyclic) bond motifs is 2. The molecule has 58 valence electrons. The highest BCUT2D eigenvalue weighted by Gasteiger charge is 2.34. The maximum atomic E-state index is 6.04. The van der Waals surface area contributed by atoms with E-state index in [-0.39, 0.29) is 0 Å². The van der Waals surface area contributed by atoms with Crippen LogP contribution in [-0.4, -0.2) is 19.1 Å². The van der Waals surface area contributed by atoms with Gasteiger partial charge in [0, 0.05) is 6.04 Å². The summed E-state index contributed by atoms with van der Waals surface area (Å²) in [7, 11) is 0. The van der Waals surface area contributed by atoms with Crippen LogP contribution < -0.4 is 11.1 Å². The Labute approximate surface area is 62.2 Å². The molecule has 2 rings (SSSR count). The molecule has 0 amide bonds. The summed E-state index contributed by atoms with van der Waals surface area (Å²) in [6, 6.07) is 0.509. The van der Waals surface area contributed by atoms with Crippen molar-refractivity contribution in [3.63, 3.8) is 0 Å². The second-order valence-corrected chi connectivity index (χ2v) is 3.67. The molecule has 10 heavy (non-hydrogen) atoms. The molecule has 0 aromatic rings. The second kappa shape index (κ2) is 2.51. The predicted molar refractivity (Wildman–Crippen MR) is 41.7 cm³/mol. The minimum atomic E-state index is 0.509. The van der Waals surface area contributed by atoms with Gasteiger partial charge in [-0.15, -0.1) is 0 Å². The molecule has 1 aliphatic heterocycles. The molecule has 1 aliphatic carbocycles. The van der Waals surface area contributed by atoms with Gasteiger partial charge in [0.25, 0.3) is 0 Å². The Kier molecular flexibility index (Phi) is 1.66. The molecule has 0 radical (unpaired) electrons. The lowest BCUT2D eigenvalue weighted by Crippen LogP contribution is -2.32. The van der Waals surface area contributed by atoms with Crippen LogP contribution >= 0.6 is 0 Å². The van der Waals surface area contributed by atoms with Crippen molar-refractivity contribution < 1.29 is 0 Å². The van der Waals surface area contributed by atoms with Crippen molar-refractivity contribution in [3.8, 4) is 0 Å². The van der Waals surface area contributed by atoms with Gasteiger partial charge in [0.1, 0.15) is 0 Å². The fraction of sp³-hybridized carbons (Fsp3) is 1.00. The van der Waals surface area contributed by atoms with E-state index >= 15 is 0 Å². The first-order valence-electron chi connectivity index (χ1n) is 4.34. The molecule has 1 heterocycles. The van der Waals surface area contributed by atoms with E-state index in [2.05, 4.69) is 5.32 Å². The van der Waals surface area contributed by atoms with E-state index < -0.39 is 0 Å². The highest BCUT2D eigenvalue weighted by atomic mass is 14.9. The molecular formula is C8H16N2. The van der Waals surface area contributed by atoms with Crippen LogP contribution in [0, 0.1) is 11.8 Å². The Hall–Kier alpha value is -0.0800. The number of hydrogen-bond donors (Lipinski definition) is 2. The van der Waals surface area contributed by atoms with Gasteiger partial charge < -0.3 is 11.1 Å². The summed E-state index contributed by atoms with van der Waals surface area (Å²) in [4.78, 5) is 0. The summed E-state index contributed by atoms with van der Waals surface area (Å²) in [5.74, 6) is 1.62. The van der Waals surface area contributed by atoms with Gasteiger partial charge in [-0.1, -0.05) is 0 Å². The van der Waals surface area contributed by atoms with E-state index in [9.17, 15) is 0 Å². The molecule has 2 aliphatic rings. The molecule has 2 fully saturated rings. The van der Waals surface area contributed by atoms with Crippen LogP contribution in [0.4, 0.5) is 0 Å². The van der Waals surface area contributed by atoms with Gasteiger partial charge in [0.05, 0.1) is 0 Å². The van der Waals surface area contributed by atoms with Crippen LogP contribution in [0.5, 0.6) is 0 Å². The normalized spacial score (nSPS) is 47.1. The highest BCUT2D eigenvalue weighted by Crippen LogP contribution is 2.32. The maximum absolute atomic E-state index is 6.04. The van der Waals surface area contributed by atoms with Gasteiger partial charge in [-0.05, 0) is 44.2 Å². The standard InChI is InChI=1S/C8H16N2/c9-8-6-1-2-7(8)5-10-4-3-6/h6-8,10H,1-5,9H2. The van der Waals surface area contributed by atoms with Crippen LogP contribution in [0.3, 0.4) is 0 Å². The summed E-state index contributed by atoms with van der Waals surface area (Å²) in [5.41, 5.74) is 6.04. The molecule has 1 saturated heterocycles. The molecule has 0 aromatic carbocycles. The van der Waals surface area contributed by atoms with Crippen LogP contribution in [0.15, 0.2) is 0 Å². The van der Waals surface area contributed by atoms with Crippen LogP contribution in [0.2, 0.25) is 0 Å². The first-order chi connectivity index (χ1) is 4.88. The third kappa shape index (κ3) is 0.956. The molecule has 3 unspecified atom stereocenters. The van der Waals surface area contributed by atoms with Crippen LogP contribution in [-0.2, 0) is 0 Å². The minimum absolute atomic E-state index is 0.509. The summed E-state index contributed by atoms with van der Waals surface area (Å²) >= 11 is 0. The van der Waals surface area contributed by atoms with Crippen molar-refractivity contribution in [2.24, 2.45) is 17.6 Å². The van der Waals surface area contributed by atoms with Crippen LogP contribution in [0.1, 0.15) is 19.3 Å². The maximum Gasteiger partial charge on any atom is 0.0108 e. The molecule has 2 nitrogen and oxygen atoms in total. The Morgan fingerprint density at radius 1 is 1.10 bits per heavy atom. The molecule has 2 bridgehead atoms. The molecule has 1 saturated carbocycles. The molecule has 0 aromatic heterocycles. The van der Waals surface area contributed by atoms with Crippen molar-refractivity contribution in [2.45, 2.75) is 25.3 Å². The molecule has 2 heteroatoms. The second-order valence-electron chi connectivity index (χ2n) is 3.67. The van der Waals surface area contributed by atoms with Gasteiger partial charge in [-0.3, -0.25) is 0 Å². The average Bonchev–Trinajstić information content (AvgIpc) is 2.06. The van der Waals surface area contributed by atoms with E-state index in [0.29, 0.717) is 6.04 Å². The van der Waals surface area contributed by atoms with Crippen molar-refractivity contribution in [3.05, 3.63) is 0 Å². The first-order valence-corrected chi connectivity index (χ1v) is 4.34. The lowest BCUT2D eigenvalue weighted by atomic mass is 9.98. The minimum Gasteiger partial charge on any atom is -0.327 e. The molecular weight excluding hydrogens is 124 g/mol. The Morgan fingerprint density at radius 3 is 2.80 bits per heavy atom. The van der Waals surface area contributed by atoms with Gasteiger partial charge >= 0.3 is 0 Å². The predicted octanol–water partition coefficient (Wildman–Crippen LogP) is 0.333. The van der Waals surface area contributed by atoms with Gasteiger partial charge in [-0.25, -0.2) is 0 Å².